The fourth-order valence-electron chi connectivity index (χ4n) is 3.59. The molecule has 2 aromatic carbocycles. The van der Waals surface area contributed by atoms with Gasteiger partial charge in [0.25, 0.3) is 0 Å². The van der Waals surface area contributed by atoms with E-state index >= 15 is 0 Å². The summed E-state index contributed by atoms with van der Waals surface area (Å²) in [6.45, 7) is 4.80. The van der Waals surface area contributed by atoms with Gasteiger partial charge in [0.05, 0.1) is 12.8 Å². The number of aromatic nitrogens is 2. The molecule has 1 aliphatic rings. The van der Waals surface area contributed by atoms with Crippen LogP contribution in [0.1, 0.15) is 11.5 Å². The molecule has 7 heteroatoms. The van der Waals surface area contributed by atoms with Gasteiger partial charge < -0.3 is 19.1 Å². The van der Waals surface area contributed by atoms with Gasteiger partial charge in [0.1, 0.15) is 12.2 Å². The minimum absolute atomic E-state index is 0.00432. The molecule has 3 aromatic rings. The van der Waals surface area contributed by atoms with Gasteiger partial charge >= 0.3 is 0 Å². The maximum atomic E-state index is 12.7. The van der Waals surface area contributed by atoms with Crippen molar-refractivity contribution in [1.29, 1.82) is 0 Å². The summed E-state index contributed by atoms with van der Waals surface area (Å²) in [5, 5.41) is 4.04. The number of anilines is 1. The summed E-state index contributed by atoms with van der Waals surface area (Å²) in [7, 11) is 1.67. The van der Waals surface area contributed by atoms with Gasteiger partial charge in [-0.3, -0.25) is 4.79 Å². The fraction of sp³-hybridized carbons (Fsp3) is 0.318. The Morgan fingerprint density at radius 2 is 1.79 bits per heavy atom. The van der Waals surface area contributed by atoms with Crippen molar-refractivity contribution in [3.8, 4) is 17.1 Å². The standard InChI is InChI=1S/C22H24N4O3/c1-16-7-3-4-8-17(16)22-23-20(29-24-22)15-21(27)26-13-11-25(12-14-26)18-9-5-6-10-19(18)28-2/h3-10H,11-15H2,1-2H3. The molecule has 1 saturated heterocycles. The lowest BCUT2D eigenvalue weighted by Crippen LogP contribution is -2.49. The molecule has 0 unspecified atom stereocenters. The number of benzene rings is 2. The highest BCUT2D eigenvalue weighted by Gasteiger charge is 2.24. The SMILES string of the molecule is COc1ccccc1N1CCN(C(=O)Cc2nc(-c3ccccc3C)no2)CC1. The number of aryl methyl sites for hydroxylation is 1. The Morgan fingerprint density at radius 1 is 1.07 bits per heavy atom. The quantitative estimate of drug-likeness (QED) is 0.665. The number of hydrogen-bond acceptors (Lipinski definition) is 6. The molecule has 0 atom stereocenters. The number of piperazine rings is 1. The molecule has 0 aliphatic carbocycles. The summed E-state index contributed by atoms with van der Waals surface area (Å²) in [4.78, 5) is 21.2. The van der Waals surface area contributed by atoms with E-state index in [1.54, 1.807) is 7.11 Å². The summed E-state index contributed by atoms with van der Waals surface area (Å²) < 4.78 is 10.8. The lowest BCUT2D eigenvalue weighted by atomic mass is 10.1. The largest absolute Gasteiger partial charge is 0.495 e. The van der Waals surface area contributed by atoms with Crippen LogP contribution in [0.25, 0.3) is 11.4 Å². The molecule has 0 spiro atoms. The smallest absolute Gasteiger partial charge is 0.236 e. The van der Waals surface area contributed by atoms with E-state index < -0.39 is 0 Å². The van der Waals surface area contributed by atoms with Crippen LogP contribution in [-0.4, -0.2) is 54.2 Å². The van der Waals surface area contributed by atoms with Crippen LogP contribution in [0.15, 0.2) is 53.1 Å². The highest BCUT2D eigenvalue weighted by molar-refractivity contribution is 5.78. The number of hydrogen-bond donors (Lipinski definition) is 0. The van der Waals surface area contributed by atoms with Crippen molar-refractivity contribution in [2.24, 2.45) is 0 Å². The second-order valence-electron chi connectivity index (χ2n) is 7.04. The van der Waals surface area contributed by atoms with Gasteiger partial charge in [0.2, 0.25) is 17.6 Å². The second-order valence-corrected chi connectivity index (χ2v) is 7.04. The molecule has 0 saturated carbocycles. The summed E-state index contributed by atoms with van der Waals surface area (Å²) in [5.41, 5.74) is 3.04. The average Bonchev–Trinajstić information content (AvgIpc) is 3.22. The molecule has 0 bridgehead atoms. The monoisotopic (exact) mass is 392 g/mol. The van der Waals surface area contributed by atoms with Gasteiger partial charge in [-0.15, -0.1) is 0 Å². The number of para-hydroxylation sites is 2. The van der Waals surface area contributed by atoms with Crippen molar-refractivity contribution in [3.05, 3.63) is 60.0 Å². The summed E-state index contributed by atoms with van der Waals surface area (Å²) in [5.74, 6) is 1.72. The molecular formula is C22H24N4O3. The van der Waals surface area contributed by atoms with Crippen molar-refractivity contribution in [2.45, 2.75) is 13.3 Å². The highest BCUT2D eigenvalue weighted by Crippen LogP contribution is 2.28. The van der Waals surface area contributed by atoms with Gasteiger partial charge in [0.15, 0.2) is 0 Å². The number of carbonyl (C=O) groups is 1. The molecule has 7 nitrogen and oxygen atoms in total. The zero-order valence-corrected chi connectivity index (χ0v) is 16.7. The fourth-order valence-corrected chi connectivity index (χ4v) is 3.59. The Kier molecular flexibility index (Phi) is 5.46. The first-order valence-corrected chi connectivity index (χ1v) is 9.70. The number of carbonyl (C=O) groups excluding carboxylic acids is 1. The Balaban J connectivity index is 1.37. The predicted molar refractivity (Wildman–Crippen MR) is 110 cm³/mol. The van der Waals surface area contributed by atoms with E-state index in [0.29, 0.717) is 24.8 Å². The number of amides is 1. The van der Waals surface area contributed by atoms with E-state index in [-0.39, 0.29) is 12.3 Å². The van der Waals surface area contributed by atoms with E-state index in [4.69, 9.17) is 9.26 Å². The first kappa shape index (κ1) is 19.0. The second kappa shape index (κ2) is 8.34. The zero-order valence-electron chi connectivity index (χ0n) is 16.7. The van der Waals surface area contributed by atoms with Gasteiger partial charge in [0, 0.05) is 31.7 Å². The Morgan fingerprint density at radius 3 is 2.55 bits per heavy atom. The summed E-state index contributed by atoms with van der Waals surface area (Å²) in [6, 6.07) is 15.8. The Hall–Kier alpha value is -3.35. The van der Waals surface area contributed by atoms with Crippen LogP contribution in [-0.2, 0) is 11.2 Å². The predicted octanol–water partition coefficient (Wildman–Crippen LogP) is 2.94. The molecule has 1 amide bonds. The summed E-state index contributed by atoms with van der Waals surface area (Å²) in [6.07, 6.45) is 0.119. The van der Waals surface area contributed by atoms with Crippen LogP contribution >= 0.6 is 0 Å². The number of ether oxygens (including phenoxy) is 1. The third kappa shape index (κ3) is 4.08. The Labute approximate surface area is 169 Å². The molecular weight excluding hydrogens is 368 g/mol. The Bertz CT molecular complexity index is 993. The third-order valence-electron chi connectivity index (χ3n) is 5.21. The van der Waals surface area contributed by atoms with E-state index in [1.807, 2.05) is 60.4 Å². The van der Waals surface area contributed by atoms with Crippen LogP contribution in [0.5, 0.6) is 5.75 Å². The van der Waals surface area contributed by atoms with E-state index in [1.165, 1.54) is 0 Å². The van der Waals surface area contributed by atoms with Crippen LogP contribution < -0.4 is 9.64 Å². The number of rotatable bonds is 5. The van der Waals surface area contributed by atoms with Gasteiger partial charge in [-0.25, -0.2) is 0 Å². The minimum Gasteiger partial charge on any atom is -0.495 e. The first-order valence-electron chi connectivity index (χ1n) is 9.70. The maximum absolute atomic E-state index is 12.7. The number of methoxy groups -OCH3 is 1. The van der Waals surface area contributed by atoms with Crippen LogP contribution in [0.3, 0.4) is 0 Å². The zero-order chi connectivity index (χ0) is 20.2. The normalized spacial score (nSPS) is 14.1. The molecule has 29 heavy (non-hydrogen) atoms. The van der Waals surface area contributed by atoms with E-state index in [9.17, 15) is 4.79 Å². The molecule has 4 rings (SSSR count). The number of nitrogens with zero attached hydrogens (tertiary/aromatic N) is 4. The van der Waals surface area contributed by atoms with Crippen molar-refractivity contribution >= 4 is 11.6 Å². The third-order valence-corrected chi connectivity index (χ3v) is 5.21. The molecule has 1 aromatic heterocycles. The first-order chi connectivity index (χ1) is 14.2. The maximum Gasteiger partial charge on any atom is 0.236 e. The van der Waals surface area contributed by atoms with Crippen LogP contribution in [0.4, 0.5) is 5.69 Å². The van der Waals surface area contributed by atoms with Crippen molar-refractivity contribution < 1.29 is 14.1 Å². The lowest BCUT2D eigenvalue weighted by Gasteiger charge is -2.36. The van der Waals surface area contributed by atoms with Gasteiger partial charge in [-0.05, 0) is 24.6 Å². The molecule has 0 radical (unpaired) electrons. The van der Waals surface area contributed by atoms with Crippen molar-refractivity contribution in [3.63, 3.8) is 0 Å². The van der Waals surface area contributed by atoms with Crippen molar-refractivity contribution in [1.82, 2.24) is 15.0 Å². The molecule has 0 N–H and O–H groups in total. The summed E-state index contributed by atoms with van der Waals surface area (Å²) >= 11 is 0. The van der Waals surface area contributed by atoms with E-state index in [2.05, 4.69) is 15.0 Å². The molecule has 1 aliphatic heterocycles. The van der Waals surface area contributed by atoms with Crippen molar-refractivity contribution in [2.75, 3.05) is 38.2 Å². The van der Waals surface area contributed by atoms with Gasteiger partial charge in [-0.2, -0.15) is 4.98 Å². The van der Waals surface area contributed by atoms with Crippen LogP contribution in [0, 0.1) is 6.92 Å². The molecule has 2 heterocycles. The van der Waals surface area contributed by atoms with Crippen LogP contribution in [0.2, 0.25) is 0 Å². The molecule has 150 valence electrons. The average molecular weight is 392 g/mol. The lowest BCUT2D eigenvalue weighted by molar-refractivity contribution is -0.131. The highest BCUT2D eigenvalue weighted by atomic mass is 16.5. The van der Waals surface area contributed by atoms with E-state index in [0.717, 1.165) is 35.7 Å². The topological polar surface area (TPSA) is 71.7 Å². The minimum atomic E-state index is 0.00432. The molecule has 1 fully saturated rings. The van der Waals surface area contributed by atoms with Gasteiger partial charge in [-0.1, -0.05) is 41.6 Å².